The molecule has 0 radical (unpaired) electrons. The number of benzene rings is 2. The maximum absolute atomic E-state index is 13.3. The van der Waals surface area contributed by atoms with Crippen molar-refractivity contribution in [2.75, 3.05) is 25.2 Å². The summed E-state index contributed by atoms with van der Waals surface area (Å²) >= 11 is 0. The second kappa shape index (κ2) is 8.65. The zero-order valence-corrected chi connectivity index (χ0v) is 16.9. The van der Waals surface area contributed by atoms with Gasteiger partial charge in [0.1, 0.15) is 11.5 Å². The van der Waals surface area contributed by atoms with Crippen LogP contribution in [0.1, 0.15) is 29.3 Å². The van der Waals surface area contributed by atoms with E-state index in [9.17, 15) is 13.2 Å². The normalized spacial score (nSPS) is 17.9. The first-order valence-electron chi connectivity index (χ1n) is 9.29. The number of amides is 1. The number of hydrogen-bond donors (Lipinski definition) is 0. The van der Waals surface area contributed by atoms with Crippen LogP contribution in [-0.4, -0.2) is 50.5 Å². The van der Waals surface area contributed by atoms with Crippen molar-refractivity contribution in [1.29, 1.82) is 0 Å². The summed E-state index contributed by atoms with van der Waals surface area (Å²) in [6, 6.07) is 14.1. The number of carbonyl (C=O) groups is 1. The third-order valence-electron chi connectivity index (χ3n) is 4.81. The lowest BCUT2D eigenvalue weighted by molar-refractivity contribution is 0.0680. The fraction of sp³-hybridized carbons (Fsp3) is 0.381. The van der Waals surface area contributed by atoms with E-state index >= 15 is 0 Å². The Bertz CT molecular complexity index is 924. The van der Waals surface area contributed by atoms with E-state index in [1.165, 1.54) is 0 Å². The zero-order chi connectivity index (χ0) is 20.1. The van der Waals surface area contributed by atoms with E-state index in [0.717, 1.165) is 11.3 Å². The summed E-state index contributed by atoms with van der Waals surface area (Å²) in [4.78, 5) is 14.9. The molecule has 6 nitrogen and oxygen atoms in total. The van der Waals surface area contributed by atoms with Gasteiger partial charge in [-0.1, -0.05) is 18.2 Å². The van der Waals surface area contributed by atoms with Crippen LogP contribution in [-0.2, 0) is 16.4 Å². The molecule has 0 N–H and O–H groups in total. The molecule has 28 heavy (non-hydrogen) atoms. The fourth-order valence-electron chi connectivity index (χ4n) is 3.37. The van der Waals surface area contributed by atoms with E-state index in [-0.39, 0.29) is 23.5 Å². The summed E-state index contributed by atoms with van der Waals surface area (Å²) in [6.45, 7) is 2.73. The van der Waals surface area contributed by atoms with E-state index in [2.05, 4.69) is 0 Å². The van der Waals surface area contributed by atoms with Crippen molar-refractivity contribution >= 4 is 15.7 Å². The average Bonchev–Trinajstić information content (AvgIpc) is 3.06. The van der Waals surface area contributed by atoms with Crippen molar-refractivity contribution in [2.45, 2.75) is 25.9 Å². The van der Waals surface area contributed by atoms with Gasteiger partial charge in [-0.15, -0.1) is 0 Å². The number of sulfone groups is 1. The molecule has 7 heteroatoms. The minimum absolute atomic E-state index is 0.0000450. The summed E-state index contributed by atoms with van der Waals surface area (Å²) < 4.78 is 34.7. The Morgan fingerprint density at radius 1 is 1.14 bits per heavy atom. The van der Waals surface area contributed by atoms with Gasteiger partial charge in [-0.25, -0.2) is 8.42 Å². The Labute approximate surface area is 166 Å². The SMILES string of the molecule is CCOc1cccc(C(=O)N(Cc2ccc(OC)cc2)[C@H]2CCS(=O)(=O)C2)c1. The molecule has 1 aliphatic rings. The van der Waals surface area contributed by atoms with Crippen molar-refractivity contribution in [3.05, 3.63) is 59.7 Å². The largest absolute Gasteiger partial charge is 0.497 e. The summed E-state index contributed by atoms with van der Waals surface area (Å²) in [5, 5.41) is 0. The van der Waals surface area contributed by atoms with Crippen LogP contribution < -0.4 is 9.47 Å². The minimum atomic E-state index is -3.11. The molecule has 0 unspecified atom stereocenters. The molecule has 0 spiro atoms. The molecular weight excluding hydrogens is 378 g/mol. The van der Waals surface area contributed by atoms with Gasteiger partial charge in [0, 0.05) is 18.2 Å². The van der Waals surface area contributed by atoms with Crippen molar-refractivity contribution in [2.24, 2.45) is 0 Å². The van der Waals surface area contributed by atoms with Gasteiger partial charge in [0.2, 0.25) is 0 Å². The van der Waals surface area contributed by atoms with Crippen LogP contribution in [0.15, 0.2) is 48.5 Å². The number of carbonyl (C=O) groups excluding carboxylic acids is 1. The van der Waals surface area contributed by atoms with Crippen LogP contribution in [0, 0.1) is 0 Å². The Morgan fingerprint density at radius 2 is 1.89 bits per heavy atom. The summed E-state index contributed by atoms with van der Waals surface area (Å²) in [7, 11) is -1.52. The second-order valence-electron chi connectivity index (χ2n) is 6.80. The number of methoxy groups -OCH3 is 1. The van der Waals surface area contributed by atoms with Crippen LogP contribution in [0.2, 0.25) is 0 Å². The topological polar surface area (TPSA) is 72.9 Å². The van der Waals surface area contributed by atoms with E-state index < -0.39 is 9.84 Å². The van der Waals surface area contributed by atoms with Gasteiger partial charge in [-0.2, -0.15) is 0 Å². The van der Waals surface area contributed by atoms with Gasteiger partial charge in [0.15, 0.2) is 9.84 Å². The molecule has 0 bridgehead atoms. The number of nitrogens with zero attached hydrogens (tertiary/aromatic N) is 1. The predicted octanol–water partition coefficient (Wildman–Crippen LogP) is 2.92. The molecule has 0 aliphatic carbocycles. The highest BCUT2D eigenvalue weighted by molar-refractivity contribution is 7.91. The number of rotatable bonds is 7. The standard InChI is InChI=1S/C21H25NO5S/c1-3-27-20-6-4-5-17(13-20)21(23)22(18-11-12-28(24,25)15-18)14-16-7-9-19(26-2)10-8-16/h4-10,13,18H,3,11-12,14-15H2,1-2H3/t18-/m0/s1. The van der Waals surface area contributed by atoms with E-state index in [4.69, 9.17) is 9.47 Å². The molecule has 1 heterocycles. The lowest BCUT2D eigenvalue weighted by Crippen LogP contribution is -2.40. The van der Waals surface area contributed by atoms with Gasteiger partial charge >= 0.3 is 0 Å². The summed E-state index contributed by atoms with van der Waals surface area (Å²) in [6.07, 6.45) is 0.454. The van der Waals surface area contributed by atoms with Crippen molar-refractivity contribution in [3.63, 3.8) is 0 Å². The first kappa shape index (κ1) is 20.2. The van der Waals surface area contributed by atoms with E-state index in [0.29, 0.717) is 30.9 Å². The van der Waals surface area contributed by atoms with Crippen molar-refractivity contribution in [1.82, 2.24) is 4.90 Å². The van der Waals surface area contributed by atoms with Crippen LogP contribution in [0.4, 0.5) is 0 Å². The highest BCUT2D eigenvalue weighted by Gasteiger charge is 2.35. The van der Waals surface area contributed by atoms with Crippen molar-refractivity contribution in [3.8, 4) is 11.5 Å². The Kier molecular flexibility index (Phi) is 6.24. The smallest absolute Gasteiger partial charge is 0.254 e. The quantitative estimate of drug-likeness (QED) is 0.711. The molecule has 3 rings (SSSR count). The van der Waals surface area contributed by atoms with Crippen LogP contribution in [0.5, 0.6) is 11.5 Å². The molecule has 150 valence electrons. The molecule has 0 saturated carbocycles. The lowest BCUT2D eigenvalue weighted by atomic mass is 10.1. The molecule has 2 aromatic rings. The Hall–Kier alpha value is -2.54. The molecular formula is C21H25NO5S. The van der Waals surface area contributed by atoms with Crippen LogP contribution in [0.25, 0.3) is 0 Å². The molecule has 1 amide bonds. The van der Waals surface area contributed by atoms with Gasteiger partial charge in [-0.3, -0.25) is 4.79 Å². The number of ether oxygens (including phenoxy) is 2. The molecule has 1 aliphatic heterocycles. The average molecular weight is 404 g/mol. The van der Waals surface area contributed by atoms with Gasteiger partial charge in [-0.05, 0) is 49.2 Å². The zero-order valence-electron chi connectivity index (χ0n) is 16.1. The molecule has 1 fully saturated rings. The van der Waals surface area contributed by atoms with Gasteiger partial charge in [0.05, 0.1) is 25.2 Å². The third kappa shape index (κ3) is 4.84. The predicted molar refractivity (Wildman–Crippen MR) is 108 cm³/mol. The van der Waals surface area contributed by atoms with Gasteiger partial charge in [0.25, 0.3) is 5.91 Å². The van der Waals surface area contributed by atoms with Crippen molar-refractivity contribution < 1.29 is 22.7 Å². The molecule has 1 saturated heterocycles. The first-order valence-corrected chi connectivity index (χ1v) is 11.1. The lowest BCUT2D eigenvalue weighted by Gasteiger charge is -2.29. The maximum atomic E-state index is 13.3. The summed E-state index contributed by atoms with van der Waals surface area (Å²) in [5.41, 5.74) is 1.41. The first-order chi connectivity index (χ1) is 13.4. The Morgan fingerprint density at radius 3 is 2.50 bits per heavy atom. The maximum Gasteiger partial charge on any atom is 0.254 e. The summed E-state index contributed by atoms with van der Waals surface area (Å²) in [5.74, 6) is 1.27. The monoisotopic (exact) mass is 403 g/mol. The van der Waals surface area contributed by atoms with Crippen LogP contribution in [0.3, 0.4) is 0 Å². The van der Waals surface area contributed by atoms with E-state index in [1.807, 2.05) is 31.2 Å². The molecule has 0 aromatic heterocycles. The van der Waals surface area contributed by atoms with Crippen LogP contribution >= 0.6 is 0 Å². The number of hydrogen-bond acceptors (Lipinski definition) is 5. The highest BCUT2D eigenvalue weighted by atomic mass is 32.2. The third-order valence-corrected chi connectivity index (χ3v) is 6.56. The molecule has 1 atom stereocenters. The second-order valence-corrected chi connectivity index (χ2v) is 9.03. The minimum Gasteiger partial charge on any atom is -0.497 e. The Balaban J connectivity index is 1.88. The highest BCUT2D eigenvalue weighted by Crippen LogP contribution is 2.24. The van der Waals surface area contributed by atoms with E-state index in [1.54, 1.807) is 36.3 Å². The molecule has 2 aromatic carbocycles. The fourth-order valence-corrected chi connectivity index (χ4v) is 5.10. The van der Waals surface area contributed by atoms with Gasteiger partial charge < -0.3 is 14.4 Å².